The normalized spacial score (nSPS) is 12.2. The number of aryl methyl sites for hydroxylation is 2. The molecule has 190 valence electrons. The van der Waals surface area contributed by atoms with Gasteiger partial charge in [0.2, 0.25) is 15.9 Å². The molecule has 0 saturated carbocycles. The SMILES string of the molecule is Cc1cc(=O)[nH]c(-c2cccc(NC(=O)CCc3ccc(S(=O)(=O)N[C@H](C)c4ccccc4)cc3)c2)n1. The summed E-state index contributed by atoms with van der Waals surface area (Å²) in [6.45, 7) is 3.54. The third-order valence-corrected chi connectivity index (χ3v) is 7.35. The first-order valence-electron chi connectivity index (χ1n) is 11.8. The fourth-order valence-corrected chi connectivity index (χ4v) is 5.12. The first kappa shape index (κ1) is 26.0. The van der Waals surface area contributed by atoms with Crippen LogP contribution in [0.15, 0.2) is 94.6 Å². The monoisotopic (exact) mass is 516 g/mol. The molecule has 0 saturated heterocycles. The summed E-state index contributed by atoms with van der Waals surface area (Å²) in [5, 5.41) is 2.86. The van der Waals surface area contributed by atoms with Crippen LogP contribution in [0.5, 0.6) is 0 Å². The summed E-state index contributed by atoms with van der Waals surface area (Å²) < 4.78 is 28.2. The number of nitrogens with one attached hydrogen (secondary N) is 3. The minimum Gasteiger partial charge on any atom is -0.326 e. The zero-order valence-corrected chi connectivity index (χ0v) is 21.4. The Balaban J connectivity index is 1.34. The first-order chi connectivity index (χ1) is 17.7. The van der Waals surface area contributed by atoms with E-state index in [1.165, 1.54) is 6.07 Å². The number of hydrogen-bond acceptors (Lipinski definition) is 5. The number of H-pyrrole nitrogens is 1. The maximum atomic E-state index is 12.8. The van der Waals surface area contributed by atoms with E-state index in [4.69, 9.17) is 0 Å². The van der Waals surface area contributed by atoms with Crippen LogP contribution in [0.4, 0.5) is 5.69 Å². The van der Waals surface area contributed by atoms with Crippen molar-refractivity contribution < 1.29 is 13.2 Å². The molecule has 3 aromatic carbocycles. The Morgan fingerprint density at radius 2 is 1.70 bits per heavy atom. The van der Waals surface area contributed by atoms with Crippen molar-refractivity contribution in [2.24, 2.45) is 0 Å². The lowest BCUT2D eigenvalue weighted by Crippen LogP contribution is -2.26. The molecule has 1 heterocycles. The number of carbonyl (C=O) groups is 1. The molecular formula is C28H28N4O4S. The van der Waals surface area contributed by atoms with E-state index in [1.54, 1.807) is 62.4 Å². The standard InChI is InChI=1S/C28H28N4O4S/c1-19-17-27(34)31-28(29-19)23-9-6-10-24(18-23)30-26(33)16-13-21-11-14-25(15-12-21)37(35,36)32-20(2)22-7-4-3-5-8-22/h3-12,14-15,17-18,20,32H,13,16H2,1-2H3,(H,30,33)(H,29,31,34)/t20-/m1/s1. The summed E-state index contributed by atoms with van der Waals surface area (Å²) in [5.41, 5.74) is 3.37. The van der Waals surface area contributed by atoms with Gasteiger partial charge >= 0.3 is 0 Å². The smallest absolute Gasteiger partial charge is 0.251 e. The van der Waals surface area contributed by atoms with Crippen molar-refractivity contribution in [2.75, 3.05) is 5.32 Å². The molecule has 4 rings (SSSR count). The predicted octanol–water partition coefficient (Wildman–Crippen LogP) is 4.36. The Morgan fingerprint density at radius 3 is 2.41 bits per heavy atom. The second kappa shape index (κ2) is 11.3. The van der Waals surface area contributed by atoms with Crippen LogP contribution in [-0.4, -0.2) is 24.3 Å². The van der Waals surface area contributed by atoms with Gasteiger partial charge in [0, 0.05) is 35.5 Å². The Labute approximate surface area is 215 Å². The third-order valence-electron chi connectivity index (χ3n) is 5.80. The minimum atomic E-state index is -3.69. The fraction of sp³-hybridized carbons (Fsp3) is 0.179. The van der Waals surface area contributed by atoms with Gasteiger partial charge in [-0.1, -0.05) is 54.6 Å². The van der Waals surface area contributed by atoms with Gasteiger partial charge in [0.05, 0.1) is 4.90 Å². The van der Waals surface area contributed by atoms with Crippen molar-refractivity contribution in [3.63, 3.8) is 0 Å². The van der Waals surface area contributed by atoms with Crippen LogP contribution in [0.25, 0.3) is 11.4 Å². The summed E-state index contributed by atoms with van der Waals surface area (Å²) in [6, 6.07) is 24.0. The van der Waals surface area contributed by atoms with E-state index in [0.29, 0.717) is 29.2 Å². The molecule has 9 heteroatoms. The highest BCUT2D eigenvalue weighted by Gasteiger charge is 2.18. The molecule has 1 amide bonds. The molecule has 0 aliphatic rings. The van der Waals surface area contributed by atoms with E-state index in [1.807, 2.05) is 30.3 Å². The van der Waals surface area contributed by atoms with Crippen molar-refractivity contribution in [3.8, 4) is 11.4 Å². The molecule has 0 aliphatic heterocycles. The summed E-state index contributed by atoms with van der Waals surface area (Å²) in [7, 11) is -3.69. The fourth-order valence-electron chi connectivity index (χ4n) is 3.89. The van der Waals surface area contributed by atoms with Gasteiger partial charge in [-0.2, -0.15) is 0 Å². The number of hydrogen-bond donors (Lipinski definition) is 3. The van der Waals surface area contributed by atoms with Gasteiger partial charge in [-0.3, -0.25) is 9.59 Å². The van der Waals surface area contributed by atoms with Crippen LogP contribution in [0.1, 0.15) is 36.2 Å². The highest BCUT2D eigenvalue weighted by molar-refractivity contribution is 7.89. The van der Waals surface area contributed by atoms with E-state index < -0.39 is 10.0 Å². The predicted molar refractivity (Wildman–Crippen MR) is 144 cm³/mol. The molecule has 0 spiro atoms. The zero-order valence-electron chi connectivity index (χ0n) is 20.6. The number of anilines is 1. The van der Waals surface area contributed by atoms with Crippen LogP contribution in [-0.2, 0) is 21.2 Å². The van der Waals surface area contributed by atoms with Crippen LogP contribution < -0.4 is 15.6 Å². The van der Waals surface area contributed by atoms with Crippen molar-refractivity contribution in [2.45, 2.75) is 37.6 Å². The lowest BCUT2D eigenvalue weighted by atomic mass is 10.1. The number of sulfonamides is 1. The molecule has 8 nitrogen and oxygen atoms in total. The van der Waals surface area contributed by atoms with Gasteiger partial charge in [0.25, 0.3) is 5.56 Å². The van der Waals surface area contributed by atoms with E-state index in [9.17, 15) is 18.0 Å². The topological polar surface area (TPSA) is 121 Å². The molecule has 0 fully saturated rings. The molecular weight excluding hydrogens is 488 g/mol. The quantitative estimate of drug-likeness (QED) is 0.305. The van der Waals surface area contributed by atoms with Crippen molar-refractivity contribution in [1.29, 1.82) is 0 Å². The summed E-state index contributed by atoms with van der Waals surface area (Å²) in [6.07, 6.45) is 0.672. The molecule has 1 aromatic heterocycles. The van der Waals surface area contributed by atoms with Gasteiger partial charge in [-0.05, 0) is 55.7 Å². The van der Waals surface area contributed by atoms with Crippen molar-refractivity contribution >= 4 is 21.6 Å². The zero-order chi connectivity index (χ0) is 26.4. The highest BCUT2D eigenvalue weighted by Crippen LogP contribution is 2.20. The van der Waals surface area contributed by atoms with E-state index in [2.05, 4.69) is 20.0 Å². The van der Waals surface area contributed by atoms with Gasteiger partial charge in [0.15, 0.2) is 0 Å². The lowest BCUT2D eigenvalue weighted by molar-refractivity contribution is -0.116. The summed E-state index contributed by atoms with van der Waals surface area (Å²) in [4.78, 5) is 31.5. The van der Waals surface area contributed by atoms with Gasteiger partial charge in [0.1, 0.15) is 5.82 Å². The maximum absolute atomic E-state index is 12.8. The molecule has 0 aliphatic carbocycles. The second-order valence-corrected chi connectivity index (χ2v) is 10.5. The molecule has 0 unspecified atom stereocenters. The second-order valence-electron chi connectivity index (χ2n) is 8.76. The van der Waals surface area contributed by atoms with E-state index in [-0.39, 0.29) is 28.8 Å². The molecule has 3 N–H and O–H groups in total. The average Bonchev–Trinajstić information content (AvgIpc) is 2.87. The Kier molecular flexibility index (Phi) is 7.95. The summed E-state index contributed by atoms with van der Waals surface area (Å²) in [5.74, 6) is 0.252. The number of aromatic amines is 1. The lowest BCUT2D eigenvalue weighted by Gasteiger charge is -2.15. The largest absolute Gasteiger partial charge is 0.326 e. The van der Waals surface area contributed by atoms with Gasteiger partial charge < -0.3 is 10.3 Å². The number of nitrogens with zero attached hydrogens (tertiary/aromatic N) is 1. The van der Waals surface area contributed by atoms with Crippen LogP contribution in [0.2, 0.25) is 0 Å². The van der Waals surface area contributed by atoms with Gasteiger partial charge in [-0.15, -0.1) is 0 Å². The molecule has 0 radical (unpaired) electrons. The maximum Gasteiger partial charge on any atom is 0.251 e. The molecule has 0 bridgehead atoms. The van der Waals surface area contributed by atoms with Gasteiger partial charge in [-0.25, -0.2) is 18.1 Å². The third kappa shape index (κ3) is 6.99. The van der Waals surface area contributed by atoms with E-state index >= 15 is 0 Å². The van der Waals surface area contributed by atoms with Crippen molar-refractivity contribution in [3.05, 3.63) is 112 Å². The summed E-state index contributed by atoms with van der Waals surface area (Å²) >= 11 is 0. The van der Waals surface area contributed by atoms with E-state index in [0.717, 1.165) is 11.1 Å². The molecule has 1 atom stereocenters. The first-order valence-corrected chi connectivity index (χ1v) is 13.3. The Hall–Kier alpha value is -4.08. The number of amides is 1. The number of aromatic nitrogens is 2. The number of rotatable bonds is 9. The number of carbonyl (C=O) groups excluding carboxylic acids is 1. The minimum absolute atomic E-state index is 0.170. The van der Waals surface area contributed by atoms with Crippen LogP contribution in [0, 0.1) is 6.92 Å². The van der Waals surface area contributed by atoms with Crippen LogP contribution >= 0.6 is 0 Å². The van der Waals surface area contributed by atoms with Crippen molar-refractivity contribution in [1.82, 2.24) is 14.7 Å². The molecule has 4 aromatic rings. The number of benzene rings is 3. The molecule has 37 heavy (non-hydrogen) atoms. The highest BCUT2D eigenvalue weighted by atomic mass is 32.2. The Bertz CT molecular complexity index is 1550. The van der Waals surface area contributed by atoms with Crippen LogP contribution in [0.3, 0.4) is 0 Å². The average molecular weight is 517 g/mol. The Morgan fingerprint density at radius 1 is 0.973 bits per heavy atom.